The molecule has 0 heteroatoms. The van der Waals surface area contributed by atoms with Gasteiger partial charge in [0.25, 0.3) is 0 Å². The molecule has 0 saturated carbocycles. The van der Waals surface area contributed by atoms with E-state index in [1.54, 1.807) is 0 Å². The molecule has 0 aliphatic rings. The van der Waals surface area contributed by atoms with Crippen molar-refractivity contribution in [2.24, 2.45) is 0 Å². The van der Waals surface area contributed by atoms with Crippen LogP contribution < -0.4 is 0 Å². The van der Waals surface area contributed by atoms with E-state index in [0.717, 1.165) is 6.07 Å². The molecule has 0 spiro atoms. The largest absolute Gasteiger partial charge is 0.0636 e. The van der Waals surface area contributed by atoms with E-state index in [1.807, 2.05) is 0 Å². The van der Waals surface area contributed by atoms with Crippen LogP contribution in [0.15, 0.2) is 193 Å². The molecule has 0 nitrogen and oxygen atoms in total. The minimum atomic E-state index is -1.18. The Hall–Kier alpha value is -6.50. The molecule has 0 aliphatic carbocycles. The second-order valence-electron chi connectivity index (χ2n) is 10.8. The van der Waals surface area contributed by atoms with Crippen LogP contribution in [0.5, 0.6) is 0 Å². The minimum absolute atomic E-state index is 0.577. The Bertz CT molecular complexity index is 4650. The smallest absolute Gasteiger partial charge is 0.0616 e. The maximum Gasteiger partial charge on any atom is 0.0636 e. The van der Waals surface area contributed by atoms with Gasteiger partial charge in [0, 0.05) is 0 Å². The lowest BCUT2D eigenvalue weighted by atomic mass is 9.83. The highest BCUT2D eigenvalue weighted by Gasteiger charge is 2.19. The van der Waals surface area contributed by atoms with Crippen molar-refractivity contribution in [2.75, 3.05) is 0 Å². The highest BCUT2D eigenvalue weighted by atomic mass is 14.2. The number of rotatable bonds is 4. The van der Waals surface area contributed by atoms with Gasteiger partial charge in [-0.2, -0.15) is 0 Å². The summed E-state index contributed by atoms with van der Waals surface area (Å²) >= 11 is 0. The van der Waals surface area contributed by atoms with Crippen LogP contribution in [0.4, 0.5) is 0 Å². The van der Waals surface area contributed by atoms with Crippen LogP contribution in [-0.2, 0) is 0 Å². The first-order valence-electron chi connectivity index (χ1n) is 30.3. The van der Waals surface area contributed by atoms with E-state index in [-0.39, 0.29) is 0 Å². The third-order valence-corrected chi connectivity index (χ3v) is 8.08. The van der Waals surface area contributed by atoms with Crippen LogP contribution in [0.1, 0.15) is 42.5 Å². The van der Waals surface area contributed by atoms with E-state index < -0.39 is 286 Å². The van der Waals surface area contributed by atoms with E-state index >= 15 is 0 Å². The zero-order valence-corrected chi connectivity index (χ0v) is 25.1. The van der Waals surface area contributed by atoms with E-state index in [9.17, 15) is 16.4 Å². The summed E-state index contributed by atoms with van der Waals surface area (Å²) in [5.74, 6) is 0. The fourth-order valence-electron chi connectivity index (χ4n) is 5.89. The van der Waals surface area contributed by atoms with Crippen LogP contribution in [0.25, 0.3) is 98.4 Å². The van der Waals surface area contributed by atoms with Crippen molar-refractivity contribution >= 4 is 53.9 Å². The number of benzene rings is 10. The summed E-state index contributed by atoms with van der Waals surface area (Å²) in [7, 11) is 0. The minimum Gasteiger partial charge on any atom is -0.0616 e. The molecule has 10 aromatic rings. The van der Waals surface area contributed by atoms with Crippen LogP contribution in [0, 0.1) is 0 Å². The molecule has 0 atom stereocenters. The summed E-state index contributed by atoms with van der Waals surface area (Å²) in [5, 5.41) is -6.99. The Labute approximate surface area is 335 Å². The van der Waals surface area contributed by atoms with Gasteiger partial charge in [0.1, 0.15) is 0 Å². The van der Waals surface area contributed by atoms with Crippen molar-refractivity contribution in [3.63, 3.8) is 0 Å². The molecule has 0 bridgehead atoms. The van der Waals surface area contributed by atoms with Crippen molar-refractivity contribution in [1.82, 2.24) is 0 Å². The second kappa shape index (κ2) is 11.6. The molecule has 10 rings (SSSR count). The van der Waals surface area contributed by atoms with E-state index in [4.69, 9.17) is 26.0 Å². The average molecular weight is 664 g/mol. The predicted molar refractivity (Wildman–Crippen MR) is 216 cm³/mol. The molecule has 10 aromatic carbocycles. The van der Waals surface area contributed by atoms with Gasteiger partial charge in [0.15, 0.2) is 0 Å². The van der Waals surface area contributed by atoms with Crippen LogP contribution in [0.3, 0.4) is 0 Å². The van der Waals surface area contributed by atoms with Gasteiger partial charge in [-0.15, -0.1) is 0 Å². The van der Waals surface area contributed by atoms with Gasteiger partial charge >= 0.3 is 0 Å². The van der Waals surface area contributed by atoms with Gasteiger partial charge in [0.05, 0.1) is 42.5 Å². The maximum atomic E-state index is 10.3. The van der Waals surface area contributed by atoms with Gasteiger partial charge < -0.3 is 0 Å². The summed E-state index contributed by atoms with van der Waals surface area (Å²) in [5.41, 5.74) is -6.38. The quantitative estimate of drug-likeness (QED) is 0.164. The van der Waals surface area contributed by atoms with Crippen molar-refractivity contribution in [3.8, 4) is 44.5 Å². The Balaban J connectivity index is 1.54. The van der Waals surface area contributed by atoms with Gasteiger partial charge in [-0.3, -0.25) is 0 Å². The fourth-order valence-corrected chi connectivity index (χ4v) is 5.89. The number of hydrogen-bond donors (Lipinski definition) is 0. The predicted octanol–water partition coefficient (Wildman–Crippen LogP) is 14.1. The van der Waals surface area contributed by atoms with Crippen molar-refractivity contribution in [2.45, 2.75) is 0 Å². The molecule has 0 aromatic heterocycles. The van der Waals surface area contributed by atoms with E-state index in [2.05, 4.69) is 0 Å². The zero-order valence-electron chi connectivity index (χ0n) is 56.1. The number of hydrogen-bond acceptors (Lipinski definition) is 0. The molecule has 0 unspecified atom stereocenters. The molecular weight excluding hydrogens is 601 g/mol. The third kappa shape index (κ3) is 4.61. The second-order valence-corrected chi connectivity index (χ2v) is 10.8. The lowest BCUT2D eigenvalue weighted by Gasteiger charge is -2.20. The molecule has 0 N–H and O–H groups in total. The molecule has 0 saturated heterocycles. The highest BCUT2D eigenvalue weighted by molar-refractivity contribution is 6.24. The SMILES string of the molecule is [2H]c1c([2H])c(-c2c3c([2H])c(-c4c([2H])c([2H])c([2H])c5c([2H])c([2H])c([2H])c([2H])c45)cc([2H])c3c(-c3c([2H])c([2H])c([2H])c4c([2H])c([2H])c([2H])c([2H])c34)c3c([2H])c([2H])c([2H])c([2H])c23)c([2H])c([2H])c1-c1c([2H])c([2H])c2c([2H])c([2H])c([2H])c([2H])c2c1[2H]. The first-order chi connectivity index (χ1) is 37.7. The topological polar surface area (TPSA) is 0 Å². The lowest BCUT2D eigenvalue weighted by Crippen LogP contribution is -1.93. The van der Waals surface area contributed by atoms with Crippen LogP contribution in [-0.4, -0.2) is 0 Å². The molecule has 50 heavy (non-hydrogen) atoms. The van der Waals surface area contributed by atoms with Gasteiger partial charge in [-0.1, -0.05) is 181 Å². The Morgan fingerprint density at radius 2 is 0.760 bits per heavy atom. The highest BCUT2D eigenvalue weighted by Crippen LogP contribution is 2.47. The van der Waals surface area contributed by atoms with E-state index in [1.165, 1.54) is 0 Å². The molecule has 232 valence electrons. The Morgan fingerprint density at radius 1 is 0.260 bits per heavy atom. The standard InChI is InChI=1S/C50H32/c1-2-14-38-31-39(28-25-33(38)11-1)34-23-26-37(27-24-34)49-45-19-7-8-20-46(45)50(44-22-10-16-36-13-4-6-18-42(36)44)47-30-29-40(32-48(47)49)43-21-9-15-35-12-3-5-17-41(35)43/h1-32H/i1D,2D,3D,4D,5D,6D,7D,8D,9D,10D,11D,12D,13D,14D,15D,16D,17D,18D,19D,20D,21D,22D,23D,24D,25D,26D,27D,28D,30D,31D,32D. The molecule has 0 heterocycles. The van der Waals surface area contributed by atoms with Gasteiger partial charge in [-0.05, 0) is 110 Å². The van der Waals surface area contributed by atoms with Crippen molar-refractivity contribution in [1.29, 1.82) is 0 Å². The number of fused-ring (bicyclic) bond motifs is 5. The molecule has 0 fully saturated rings. The Kier molecular flexibility index (Phi) is 2.61. The summed E-state index contributed by atoms with van der Waals surface area (Å²) in [6.07, 6.45) is 0. The summed E-state index contributed by atoms with van der Waals surface area (Å²) in [6, 6.07) is -28.9. The normalized spacial score (nSPS) is 20.3. The Morgan fingerprint density at radius 3 is 1.48 bits per heavy atom. The first kappa shape index (κ1) is 11.3. The van der Waals surface area contributed by atoms with Crippen LogP contribution in [0.2, 0.25) is 0 Å². The van der Waals surface area contributed by atoms with E-state index in [0.29, 0.717) is 0 Å². The average Bonchev–Trinajstić information content (AvgIpc) is 3.59. The zero-order chi connectivity index (χ0) is 60.0. The fraction of sp³-hybridized carbons (Fsp3) is 0. The first-order valence-corrected chi connectivity index (χ1v) is 14.8. The van der Waals surface area contributed by atoms with Gasteiger partial charge in [0.2, 0.25) is 0 Å². The molecular formula is C50H32. The van der Waals surface area contributed by atoms with Crippen molar-refractivity contribution < 1.29 is 42.5 Å². The monoisotopic (exact) mass is 663 g/mol. The lowest BCUT2D eigenvalue weighted by molar-refractivity contribution is 1.62. The molecule has 0 radical (unpaired) electrons. The van der Waals surface area contributed by atoms with Crippen molar-refractivity contribution in [3.05, 3.63) is 193 Å². The van der Waals surface area contributed by atoms with Gasteiger partial charge in [-0.25, -0.2) is 0 Å². The third-order valence-electron chi connectivity index (χ3n) is 8.08. The summed E-state index contributed by atoms with van der Waals surface area (Å²) < 4.78 is 281. The van der Waals surface area contributed by atoms with Crippen LogP contribution >= 0.6 is 0 Å². The molecule has 0 aliphatic heterocycles. The maximum absolute atomic E-state index is 10.3. The summed E-state index contributed by atoms with van der Waals surface area (Å²) in [4.78, 5) is 0. The molecule has 0 amide bonds. The summed E-state index contributed by atoms with van der Waals surface area (Å²) in [6.45, 7) is 0.